The topological polar surface area (TPSA) is 71.2 Å². The number of nitrogens with zero attached hydrogens (tertiary/aromatic N) is 4. The molecule has 0 bridgehead atoms. The first-order valence-electron chi connectivity index (χ1n) is 7.25. The van der Waals surface area contributed by atoms with Crippen LogP contribution < -0.4 is 0 Å². The van der Waals surface area contributed by atoms with Crippen LogP contribution in [0.3, 0.4) is 0 Å². The van der Waals surface area contributed by atoms with E-state index in [-0.39, 0.29) is 0 Å². The molecule has 116 valence electrons. The zero-order valence-corrected chi connectivity index (χ0v) is 12.8. The highest BCUT2D eigenvalue weighted by Crippen LogP contribution is 2.24. The van der Waals surface area contributed by atoms with Crippen LogP contribution in [-0.4, -0.2) is 43.3 Å². The lowest BCUT2D eigenvalue weighted by Gasteiger charge is -2.33. The first-order chi connectivity index (χ1) is 10.6. The molecule has 1 aromatic carbocycles. The third kappa shape index (κ3) is 3.13. The van der Waals surface area contributed by atoms with Crippen LogP contribution in [0.4, 0.5) is 0 Å². The first kappa shape index (κ1) is 15.0. The number of halogens is 1. The van der Waals surface area contributed by atoms with E-state index in [9.17, 15) is 9.90 Å². The molecule has 1 saturated heterocycles. The monoisotopic (exact) mass is 320 g/mol. The molecule has 0 amide bonds. The minimum atomic E-state index is -0.754. The van der Waals surface area contributed by atoms with E-state index in [1.807, 2.05) is 23.1 Å². The van der Waals surface area contributed by atoms with Gasteiger partial charge in [-0.25, -0.2) is 9.67 Å². The third-order valence-corrected chi connectivity index (χ3v) is 4.22. The molecule has 1 unspecified atom stereocenters. The number of carboxylic acid groups (broad SMARTS) is 1. The minimum Gasteiger partial charge on any atom is -0.480 e. The van der Waals surface area contributed by atoms with Gasteiger partial charge in [-0.15, -0.1) is 0 Å². The Bertz CT molecular complexity index is 660. The standard InChI is InChI=1S/C15H17ClN4O2/c16-12-5-4-11(14(7-12)20-10-17-9-18-20)8-19-6-2-1-3-13(19)15(21)22/h4-5,7,9-10,13H,1-3,6,8H2,(H,21,22). The van der Waals surface area contributed by atoms with E-state index in [0.29, 0.717) is 18.0 Å². The smallest absolute Gasteiger partial charge is 0.320 e. The zero-order valence-electron chi connectivity index (χ0n) is 12.0. The molecule has 0 aliphatic carbocycles. The number of benzene rings is 1. The molecule has 0 saturated carbocycles. The maximum atomic E-state index is 11.4. The first-order valence-corrected chi connectivity index (χ1v) is 7.63. The molecule has 1 atom stereocenters. The summed E-state index contributed by atoms with van der Waals surface area (Å²) in [4.78, 5) is 17.4. The molecule has 1 aliphatic heterocycles. The van der Waals surface area contributed by atoms with Gasteiger partial charge >= 0.3 is 5.97 Å². The van der Waals surface area contributed by atoms with Crippen LogP contribution in [0.15, 0.2) is 30.9 Å². The lowest BCUT2D eigenvalue weighted by atomic mass is 10.0. The number of carboxylic acids is 1. The molecular weight excluding hydrogens is 304 g/mol. The van der Waals surface area contributed by atoms with Crippen LogP contribution in [0.5, 0.6) is 0 Å². The van der Waals surface area contributed by atoms with Gasteiger partial charge in [-0.1, -0.05) is 24.1 Å². The molecule has 7 heteroatoms. The van der Waals surface area contributed by atoms with Crippen molar-refractivity contribution in [2.24, 2.45) is 0 Å². The summed E-state index contributed by atoms with van der Waals surface area (Å²) in [5, 5.41) is 14.2. The number of aromatic nitrogens is 3. The van der Waals surface area contributed by atoms with Gasteiger partial charge in [-0.05, 0) is 37.1 Å². The van der Waals surface area contributed by atoms with Crippen LogP contribution in [0.25, 0.3) is 5.69 Å². The summed E-state index contributed by atoms with van der Waals surface area (Å²) in [6.07, 6.45) is 5.76. The fourth-order valence-corrected chi connectivity index (χ4v) is 3.06. The molecule has 1 N–H and O–H groups in total. The molecule has 2 heterocycles. The molecule has 1 aliphatic rings. The fraction of sp³-hybridized carbons (Fsp3) is 0.400. The van der Waals surface area contributed by atoms with E-state index < -0.39 is 12.0 Å². The Balaban J connectivity index is 1.90. The summed E-state index contributed by atoms with van der Waals surface area (Å²) in [7, 11) is 0. The van der Waals surface area contributed by atoms with Crippen molar-refractivity contribution in [2.75, 3.05) is 6.54 Å². The van der Waals surface area contributed by atoms with Gasteiger partial charge in [-0.2, -0.15) is 5.10 Å². The summed E-state index contributed by atoms with van der Waals surface area (Å²) >= 11 is 6.09. The summed E-state index contributed by atoms with van der Waals surface area (Å²) in [5.74, 6) is -0.754. The fourth-order valence-electron chi connectivity index (χ4n) is 2.90. The number of hydrogen-bond acceptors (Lipinski definition) is 4. The molecule has 6 nitrogen and oxygen atoms in total. The van der Waals surface area contributed by atoms with E-state index in [4.69, 9.17) is 11.6 Å². The Morgan fingerprint density at radius 2 is 2.27 bits per heavy atom. The van der Waals surface area contributed by atoms with Crippen LogP contribution in [0, 0.1) is 0 Å². The number of aliphatic carboxylic acids is 1. The zero-order chi connectivity index (χ0) is 15.5. The van der Waals surface area contributed by atoms with Crippen molar-refractivity contribution in [3.8, 4) is 5.69 Å². The van der Waals surface area contributed by atoms with Gasteiger partial charge in [0, 0.05) is 11.6 Å². The Hall–Kier alpha value is -1.92. The van der Waals surface area contributed by atoms with Crippen molar-refractivity contribution in [3.63, 3.8) is 0 Å². The molecule has 22 heavy (non-hydrogen) atoms. The second-order valence-corrected chi connectivity index (χ2v) is 5.87. The van der Waals surface area contributed by atoms with E-state index in [0.717, 1.165) is 30.6 Å². The predicted molar refractivity (Wildman–Crippen MR) is 82.1 cm³/mol. The molecule has 1 fully saturated rings. The second-order valence-electron chi connectivity index (χ2n) is 5.43. The second kappa shape index (κ2) is 6.46. The lowest BCUT2D eigenvalue weighted by molar-refractivity contribution is -0.144. The molecule has 0 radical (unpaired) electrons. The molecule has 2 aromatic rings. The maximum absolute atomic E-state index is 11.4. The molecule has 0 spiro atoms. The summed E-state index contributed by atoms with van der Waals surface area (Å²) < 4.78 is 1.65. The Kier molecular flexibility index (Phi) is 4.40. The van der Waals surface area contributed by atoms with Gasteiger partial charge in [0.15, 0.2) is 0 Å². The van der Waals surface area contributed by atoms with E-state index in [1.54, 1.807) is 11.0 Å². The third-order valence-electron chi connectivity index (χ3n) is 3.99. The molecule has 3 rings (SSSR count). The average Bonchev–Trinajstić information content (AvgIpc) is 3.03. The van der Waals surface area contributed by atoms with Gasteiger partial charge in [0.25, 0.3) is 0 Å². The summed E-state index contributed by atoms with van der Waals surface area (Å²) in [6.45, 7) is 1.35. The van der Waals surface area contributed by atoms with Crippen LogP contribution >= 0.6 is 11.6 Å². The predicted octanol–water partition coefficient (Wildman–Crippen LogP) is 2.36. The minimum absolute atomic E-state index is 0.423. The van der Waals surface area contributed by atoms with Crippen molar-refractivity contribution in [2.45, 2.75) is 31.8 Å². The van der Waals surface area contributed by atoms with Gasteiger partial charge in [-0.3, -0.25) is 9.69 Å². The molecular formula is C15H17ClN4O2. The largest absolute Gasteiger partial charge is 0.480 e. The van der Waals surface area contributed by atoms with Crippen molar-refractivity contribution < 1.29 is 9.90 Å². The van der Waals surface area contributed by atoms with Crippen LogP contribution in [0.2, 0.25) is 5.02 Å². The summed E-state index contributed by atoms with van der Waals surface area (Å²) in [5.41, 5.74) is 1.82. The Morgan fingerprint density at radius 1 is 1.41 bits per heavy atom. The maximum Gasteiger partial charge on any atom is 0.320 e. The van der Waals surface area contributed by atoms with Crippen molar-refractivity contribution >= 4 is 17.6 Å². The van der Waals surface area contributed by atoms with Crippen LogP contribution in [-0.2, 0) is 11.3 Å². The number of rotatable bonds is 4. The quantitative estimate of drug-likeness (QED) is 0.936. The Morgan fingerprint density at radius 3 is 3.00 bits per heavy atom. The van der Waals surface area contributed by atoms with E-state index in [1.165, 1.54) is 6.33 Å². The highest BCUT2D eigenvalue weighted by atomic mass is 35.5. The average molecular weight is 321 g/mol. The number of piperidine rings is 1. The van der Waals surface area contributed by atoms with Gasteiger partial charge < -0.3 is 5.11 Å². The lowest BCUT2D eigenvalue weighted by Crippen LogP contribution is -2.44. The Labute approximate surface area is 133 Å². The SMILES string of the molecule is O=C(O)C1CCCCN1Cc1ccc(Cl)cc1-n1cncn1. The highest BCUT2D eigenvalue weighted by Gasteiger charge is 2.28. The van der Waals surface area contributed by atoms with Crippen LogP contribution in [0.1, 0.15) is 24.8 Å². The van der Waals surface area contributed by atoms with Crippen molar-refractivity contribution in [3.05, 3.63) is 41.4 Å². The molecule has 1 aromatic heterocycles. The van der Waals surface area contributed by atoms with E-state index in [2.05, 4.69) is 10.1 Å². The number of hydrogen-bond donors (Lipinski definition) is 1. The summed E-state index contributed by atoms with van der Waals surface area (Å²) in [6, 6.07) is 5.14. The van der Waals surface area contributed by atoms with Gasteiger partial charge in [0.2, 0.25) is 0 Å². The number of likely N-dealkylation sites (tertiary alicyclic amines) is 1. The highest BCUT2D eigenvalue weighted by molar-refractivity contribution is 6.30. The normalized spacial score (nSPS) is 19.2. The van der Waals surface area contributed by atoms with Gasteiger partial charge in [0.1, 0.15) is 18.7 Å². The van der Waals surface area contributed by atoms with Gasteiger partial charge in [0.05, 0.1) is 5.69 Å². The van der Waals surface area contributed by atoms with Crippen molar-refractivity contribution in [1.29, 1.82) is 0 Å². The number of carbonyl (C=O) groups is 1. The van der Waals surface area contributed by atoms with E-state index >= 15 is 0 Å². The van der Waals surface area contributed by atoms with Crippen molar-refractivity contribution in [1.82, 2.24) is 19.7 Å².